The van der Waals surface area contributed by atoms with Crippen LogP contribution in [0.1, 0.15) is 13.3 Å². The van der Waals surface area contributed by atoms with Crippen LogP contribution >= 0.6 is 0 Å². The third kappa shape index (κ3) is 2.35. The van der Waals surface area contributed by atoms with Gasteiger partial charge in [-0.05, 0) is 6.92 Å². The van der Waals surface area contributed by atoms with E-state index in [-0.39, 0.29) is 31.2 Å². The van der Waals surface area contributed by atoms with E-state index in [0.29, 0.717) is 13.2 Å². The molecule has 6 heteroatoms. The van der Waals surface area contributed by atoms with Crippen molar-refractivity contribution in [1.82, 2.24) is 0 Å². The highest BCUT2D eigenvalue weighted by molar-refractivity contribution is 5.70. The van der Waals surface area contributed by atoms with E-state index in [0.717, 1.165) is 0 Å². The minimum atomic E-state index is -0.569. The zero-order valence-corrected chi connectivity index (χ0v) is 9.13. The zero-order valence-electron chi connectivity index (χ0n) is 9.13. The van der Waals surface area contributed by atoms with Gasteiger partial charge in [-0.1, -0.05) is 0 Å². The minimum absolute atomic E-state index is 0.101. The zero-order chi connectivity index (χ0) is 11.5. The Bertz CT molecular complexity index is 256. The lowest BCUT2D eigenvalue weighted by molar-refractivity contribution is -0.203. The van der Waals surface area contributed by atoms with Crippen LogP contribution in [-0.4, -0.2) is 55.5 Å². The van der Waals surface area contributed by atoms with E-state index in [2.05, 4.69) is 0 Å². The van der Waals surface area contributed by atoms with Crippen molar-refractivity contribution in [1.29, 1.82) is 0 Å². The normalized spacial score (nSPS) is 37.4. The number of hydrogen-bond acceptors (Lipinski definition) is 6. The predicted molar refractivity (Wildman–Crippen MR) is 51.6 cm³/mol. The highest BCUT2D eigenvalue weighted by Crippen LogP contribution is 2.29. The summed E-state index contributed by atoms with van der Waals surface area (Å²) in [6, 6.07) is 0. The Morgan fingerprint density at radius 3 is 2.94 bits per heavy atom. The number of carbonyl (C=O) groups excluding carboxylic acids is 1. The number of fused-ring (bicyclic) bond motifs is 2. The maximum absolute atomic E-state index is 11.3. The minimum Gasteiger partial charge on any atom is -0.466 e. The molecule has 16 heavy (non-hydrogen) atoms. The summed E-state index contributed by atoms with van der Waals surface area (Å²) in [6.07, 6.45) is -1.47. The molecule has 0 aliphatic carbocycles. The van der Waals surface area contributed by atoms with Crippen LogP contribution in [0.25, 0.3) is 0 Å². The van der Waals surface area contributed by atoms with Crippen LogP contribution in [0.4, 0.5) is 0 Å². The first kappa shape index (κ1) is 11.8. The van der Waals surface area contributed by atoms with E-state index in [1.54, 1.807) is 6.92 Å². The Morgan fingerprint density at radius 1 is 1.44 bits per heavy atom. The van der Waals surface area contributed by atoms with Gasteiger partial charge in [-0.15, -0.1) is 0 Å². The molecule has 0 spiro atoms. The lowest BCUT2D eigenvalue weighted by atomic mass is 10.2. The summed E-state index contributed by atoms with van der Waals surface area (Å²) in [5.41, 5.74) is 0. The molecular weight excluding hydrogens is 216 g/mol. The number of aliphatic hydroxyl groups is 1. The van der Waals surface area contributed by atoms with Gasteiger partial charge in [-0.2, -0.15) is 0 Å². The molecule has 0 aromatic heterocycles. The summed E-state index contributed by atoms with van der Waals surface area (Å²) in [5, 5.41) is 9.01. The average Bonchev–Trinajstić information content (AvgIpc) is 2.61. The molecule has 1 unspecified atom stereocenters. The molecule has 0 saturated carbocycles. The van der Waals surface area contributed by atoms with E-state index in [1.807, 2.05) is 0 Å². The van der Waals surface area contributed by atoms with Crippen molar-refractivity contribution in [2.75, 3.05) is 19.8 Å². The molecule has 6 nitrogen and oxygen atoms in total. The van der Waals surface area contributed by atoms with Crippen molar-refractivity contribution in [3.05, 3.63) is 0 Å². The van der Waals surface area contributed by atoms with Crippen LogP contribution in [0.3, 0.4) is 0 Å². The molecule has 0 aromatic rings. The topological polar surface area (TPSA) is 74.2 Å². The largest absolute Gasteiger partial charge is 0.466 e. The Morgan fingerprint density at radius 2 is 2.25 bits per heavy atom. The van der Waals surface area contributed by atoms with Crippen molar-refractivity contribution in [2.45, 2.75) is 37.9 Å². The van der Waals surface area contributed by atoms with Gasteiger partial charge in [-0.3, -0.25) is 4.79 Å². The molecule has 2 aliphatic heterocycles. The number of aliphatic hydroxyl groups excluding tert-OH is 1. The SMILES string of the molecule is CCOC(=O)CC1OC[C@@H]2O[C@H]1O[C@H]2CO. The van der Waals surface area contributed by atoms with Crippen LogP contribution in [0.15, 0.2) is 0 Å². The summed E-state index contributed by atoms with van der Waals surface area (Å²) < 4.78 is 21.2. The van der Waals surface area contributed by atoms with Crippen molar-refractivity contribution in [3.8, 4) is 0 Å². The van der Waals surface area contributed by atoms with Gasteiger partial charge in [-0.25, -0.2) is 0 Å². The van der Waals surface area contributed by atoms with Crippen molar-refractivity contribution in [2.24, 2.45) is 0 Å². The predicted octanol–water partition coefficient (Wildman–Crippen LogP) is -0.559. The van der Waals surface area contributed by atoms with Gasteiger partial charge in [0.25, 0.3) is 0 Å². The Kier molecular flexibility index (Phi) is 3.75. The smallest absolute Gasteiger partial charge is 0.308 e. The maximum atomic E-state index is 11.3. The van der Waals surface area contributed by atoms with Gasteiger partial charge in [0.2, 0.25) is 0 Å². The van der Waals surface area contributed by atoms with Gasteiger partial charge in [0.15, 0.2) is 6.29 Å². The Labute approximate surface area is 93.4 Å². The number of esters is 1. The van der Waals surface area contributed by atoms with Crippen LogP contribution in [-0.2, 0) is 23.7 Å². The molecule has 92 valence electrons. The van der Waals surface area contributed by atoms with E-state index in [1.165, 1.54) is 0 Å². The third-order valence-electron chi connectivity index (χ3n) is 2.66. The second-order valence-electron chi connectivity index (χ2n) is 3.78. The van der Waals surface area contributed by atoms with Gasteiger partial charge in [0, 0.05) is 0 Å². The maximum Gasteiger partial charge on any atom is 0.308 e. The van der Waals surface area contributed by atoms with Crippen LogP contribution in [0.2, 0.25) is 0 Å². The molecule has 2 fully saturated rings. The molecule has 2 rings (SSSR count). The lowest BCUT2D eigenvalue weighted by Crippen LogP contribution is -2.40. The number of carbonyl (C=O) groups is 1. The fraction of sp³-hybridized carbons (Fsp3) is 0.900. The van der Waals surface area contributed by atoms with E-state index in [4.69, 9.17) is 24.1 Å². The quantitative estimate of drug-likeness (QED) is 0.655. The first-order valence-electron chi connectivity index (χ1n) is 5.43. The summed E-state index contributed by atoms with van der Waals surface area (Å²) >= 11 is 0. The first-order valence-corrected chi connectivity index (χ1v) is 5.43. The van der Waals surface area contributed by atoms with Crippen LogP contribution < -0.4 is 0 Å². The van der Waals surface area contributed by atoms with Crippen molar-refractivity contribution < 1.29 is 28.8 Å². The van der Waals surface area contributed by atoms with Crippen LogP contribution in [0, 0.1) is 0 Å². The first-order chi connectivity index (χ1) is 7.74. The number of hydrogen-bond donors (Lipinski definition) is 1. The highest BCUT2D eigenvalue weighted by atomic mass is 16.8. The van der Waals surface area contributed by atoms with E-state index < -0.39 is 12.4 Å². The molecule has 2 bridgehead atoms. The number of rotatable bonds is 4. The second-order valence-corrected chi connectivity index (χ2v) is 3.78. The monoisotopic (exact) mass is 232 g/mol. The molecule has 2 saturated heterocycles. The average molecular weight is 232 g/mol. The molecule has 0 radical (unpaired) electrons. The molecule has 0 amide bonds. The second kappa shape index (κ2) is 5.09. The van der Waals surface area contributed by atoms with Gasteiger partial charge in [0.1, 0.15) is 18.3 Å². The third-order valence-corrected chi connectivity index (χ3v) is 2.66. The Balaban J connectivity index is 1.87. The fourth-order valence-electron chi connectivity index (χ4n) is 1.87. The molecule has 0 aromatic carbocycles. The van der Waals surface area contributed by atoms with Crippen molar-refractivity contribution in [3.63, 3.8) is 0 Å². The van der Waals surface area contributed by atoms with Crippen LogP contribution in [0.5, 0.6) is 0 Å². The van der Waals surface area contributed by atoms with Gasteiger partial charge >= 0.3 is 5.97 Å². The summed E-state index contributed by atoms with van der Waals surface area (Å²) in [7, 11) is 0. The summed E-state index contributed by atoms with van der Waals surface area (Å²) in [4.78, 5) is 11.3. The summed E-state index contributed by atoms with van der Waals surface area (Å²) in [6.45, 7) is 2.34. The van der Waals surface area contributed by atoms with Gasteiger partial charge < -0.3 is 24.1 Å². The molecule has 2 heterocycles. The molecular formula is C10H16O6. The standard InChI is InChI=1S/C10H16O6/c1-2-13-9(12)3-6-10-15-7(4-11)8(16-10)5-14-6/h6-8,10-11H,2-5H2,1H3/t6?,7-,8-,10+/m0/s1. The lowest BCUT2D eigenvalue weighted by Gasteiger charge is -2.27. The van der Waals surface area contributed by atoms with E-state index in [9.17, 15) is 4.79 Å². The molecule has 4 atom stereocenters. The molecule has 1 N–H and O–H groups in total. The Hall–Kier alpha value is -0.690. The van der Waals surface area contributed by atoms with Crippen molar-refractivity contribution >= 4 is 5.97 Å². The van der Waals surface area contributed by atoms with E-state index >= 15 is 0 Å². The number of ether oxygens (including phenoxy) is 4. The van der Waals surface area contributed by atoms with Gasteiger partial charge in [0.05, 0.1) is 26.2 Å². The highest BCUT2D eigenvalue weighted by Gasteiger charge is 2.45. The summed E-state index contributed by atoms with van der Waals surface area (Å²) in [5.74, 6) is -0.328. The molecule has 2 aliphatic rings. The fourth-order valence-corrected chi connectivity index (χ4v) is 1.87.